The normalized spacial score (nSPS) is 16.9. The van der Waals surface area contributed by atoms with Crippen molar-refractivity contribution in [2.75, 3.05) is 13.1 Å². The molecule has 1 saturated heterocycles. The highest BCUT2D eigenvalue weighted by molar-refractivity contribution is 9.10. The highest BCUT2D eigenvalue weighted by Gasteiger charge is 2.31. The van der Waals surface area contributed by atoms with Crippen LogP contribution in [0.4, 0.5) is 18.0 Å². The molecule has 27 heavy (non-hydrogen) atoms. The van der Waals surface area contributed by atoms with E-state index in [0.717, 1.165) is 31.5 Å². The molecule has 1 aliphatic heterocycles. The van der Waals surface area contributed by atoms with E-state index in [-0.39, 0.29) is 11.8 Å². The zero-order valence-corrected chi connectivity index (χ0v) is 17.1. The second-order valence-electron chi connectivity index (χ2n) is 7.54. The van der Waals surface area contributed by atoms with Crippen molar-refractivity contribution in [1.29, 1.82) is 0 Å². The number of benzene rings is 1. The molecule has 5 nitrogen and oxygen atoms in total. The number of piperidine rings is 1. The lowest BCUT2D eigenvalue weighted by atomic mass is 10.0. The van der Waals surface area contributed by atoms with Crippen LogP contribution in [0.3, 0.4) is 0 Å². The lowest BCUT2D eigenvalue weighted by Gasteiger charge is -2.33. The van der Waals surface area contributed by atoms with E-state index in [2.05, 4.69) is 30.9 Å². The first-order valence-electron chi connectivity index (χ1n) is 8.67. The minimum Gasteiger partial charge on any atom is -0.444 e. The lowest BCUT2D eigenvalue weighted by molar-refractivity contribution is -0.274. The van der Waals surface area contributed by atoms with Crippen LogP contribution in [-0.2, 0) is 11.3 Å². The highest BCUT2D eigenvalue weighted by Crippen LogP contribution is 2.28. The molecule has 1 aromatic rings. The number of hydrogen-bond acceptors (Lipinski definition) is 4. The largest absolute Gasteiger partial charge is 0.573 e. The molecule has 9 heteroatoms. The third-order valence-corrected chi connectivity index (χ3v) is 4.34. The van der Waals surface area contributed by atoms with Crippen LogP contribution in [0.2, 0.25) is 0 Å². The Morgan fingerprint density at radius 3 is 2.41 bits per heavy atom. The van der Waals surface area contributed by atoms with E-state index in [1.165, 1.54) is 12.1 Å². The van der Waals surface area contributed by atoms with Crippen LogP contribution >= 0.6 is 15.9 Å². The van der Waals surface area contributed by atoms with Crippen molar-refractivity contribution < 1.29 is 27.4 Å². The van der Waals surface area contributed by atoms with Gasteiger partial charge in [-0.05, 0) is 57.4 Å². The number of carbonyl (C=O) groups is 1. The van der Waals surface area contributed by atoms with Gasteiger partial charge in [-0.2, -0.15) is 0 Å². The van der Waals surface area contributed by atoms with Gasteiger partial charge in [-0.15, -0.1) is 13.2 Å². The molecule has 1 heterocycles. The maximum absolute atomic E-state index is 12.4. The van der Waals surface area contributed by atoms with Crippen molar-refractivity contribution in [3.05, 3.63) is 28.2 Å². The van der Waals surface area contributed by atoms with Crippen molar-refractivity contribution in [3.63, 3.8) is 0 Å². The lowest BCUT2D eigenvalue weighted by Crippen LogP contribution is -2.45. The van der Waals surface area contributed by atoms with Gasteiger partial charge in [0.2, 0.25) is 0 Å². The maximum atomic E-state index is 12.4. The maximum Gasteiger partial charge on any atom is 0.573 e. The molecule has 0 aliphatic carbocycles. The number of alkyl halides is 3. The number of alkyl carbamates (subject to hydrolysis) is 1. The smallest absolute Gasteiger partial charge is 0.444 e. The summed E-state index contributed by atoms with van der Waals surface area (Å²) in [5.74, 6) is -0.242. The van der Waals surface area contributed by atoms with Crippen LogP contribution in [0.25, 0.3) is 0 Å². The Morgan fingerprint density at radius 1 is 1.22 bits per heavy atom. The molecule has 0 spiro atoms. The Hall–Kier alpha value is -1.48. The third kappa shape index (κ3) is 8.38. The quantitative estimate of drug-likeness (QED) is 0.710. The van der Waals surface area contributed by atoms with E-state index in [0.29, 0.717) is 11.0 Å². The van der Waals surface area contributed by atoms with E-state index in [1.54, 1.807) is 6.07 Å². The Bertz CT molecular complexity index is 654. The molecule has 0 saturated carbocycles. The van der Waals surface area contributed by atoms with Gasteiger partial charge in [-0.25, -0.2) is 4.79 Å². The second kappa shape index (κ2) is 8.68. The summed E-state index contributed by atoms with van der Waals surface area (Å²) < 4.78 is 47.0. The fourth-order valence-corrected chi connectivity index (χ4v) is 3.39. The molecule has 0 unspecified atom stereocenters. The second-order valence-corrected chi connectivity index (χ2v) is 8.46. The van der Waals surface area contributed by atoms with E-state index in [1.807, 2.05) is 20.8 Å². The third-order valence-electron chi connectivity index (χ3n) is 3.88. The molecule has 2 rings (SSSR count). The van der Waals surface area contributed by atoms with Gasteiger partial charge >= 0.3 is 12.5 Å². The summed E-state index contributed by atoms with van der Waals surface area (Å²) in [5, 5.41) is 2.86. The van der Waals surface area contributed by atoms with Crippen LogP contribution in [0, 0.1) is 0 Å². The Labute approximate surface area is 165 Å². The van der Waals surface area contributed by atoms with Crippen molar-refractivity contribution in [2.24, 2.45) is 0 Å². The predicted octanol–water partition coefficient (Wildman–Crippen LogP) is 4.84. The summed E-state index contributed by atoms with van der Waals surface area (Å²) in [6.45, 7) is 7.38. The highest BCUT2D eigenvalue weighted by atomic mass is 79.9. The number of hydrogen-bond donors (Lipinski definition) is 1. The Kier molecular flexibility index (Phi) is 7.02. The van der Waals surface area contributed by atoms with E-state index < -0.39 is 18.1 Å². The summed E-state index contributed by atoms with van der Waals surface area (Å²) in [4.78, 5) is 14.0. The fourth-order valence-electron chi connectivity index (χ4n) is 2.87. The standard InChI is InChI=1S/C18H24BrF3N2O3/c1-17(2,3)27-16(25)23-14-4-6-24(7-5-14)11-12-8-13(19)10-15(9-12)26-18(20,21)22/h8-10,14H,4-7,11H2,1-3H3,(H,23,25). The molecular weight excluding hydrogens is 429 g/mol. The van der Waals surface area contributed by atoms with Crippen LogP contribution in [-0.4, -0.2) is 42.1 Å². The Balaban J connectivity index is 1.86. The van der Waals surface area contributed by atoms with Gasteiger partial charge in [-0.1, -0.05) is 15.9 Å². The number of nitrogens with one attached hydrogen (secondary N) is 1. The van der Waals surface area contributed by atoms with Crippen molar-refractivity contribution in [1.82, 2.24) is 10.2 Å². The van der Waals surface area contributed by atoms with E-state index in [9.17, 15) is 18.0 Å². The average Bonchev–Trinajstić information content (AvgIpc) is 2.44. The molecule has 0 radical (unpaired) electrons. The summed E-state index contributed by atoms with van der Waals surface area (Å²) in [7, 11) is 0. The molecule has 0 aromatic heterocycles. The molecular formula is C18H24BrF3N2O3. The minimum absolute atomic E-state index is 0.0303. The molecule has 0 atom stereocenters. The van der Waals surface area contributed by atoms with Crippen molar-refractivity contribution >= 4 is 22.0 Å². The summed E-state index contributed by atoms with van der Waals surface area (Å²) in [6.07, 6.45) is -3.65. The molecule has 152 valence electrons. The van der Waals surface area contributed by atoms with Gasteiger partial charge in [0.1, 0.15) is 11.4 Å². The number of nitrogens with zero attached hydrogens (tertiary/aromatic N) is 1. The van der Waals surface area contributed by atoms with Gasteiger partial charge in [0, 0.05) is 30.1 Å². The summed E-state index contributed by atoms with van der Waals surface area (Å²) in [5.41, 5.74) is 0.184. The first-order chi connectivity index (χ1) is 12.4. The Morgan fingerprint density at radius 2 is 1.85 bits per heavy atom. The molecule has 1 amide bonds. The van der Waals surface area contributed by atoms with Gasteiger partial charge in [0.15, 0.2) is 0 Å². The first-order valence-corrected chi connectivity index (χ1v) is 9.46. The number of carbonyl (C=O) groups excluding carboxylic acids is 1. The average molecular weight is 453 g/mol. The number of rotatable bonds is 4. The zero-order valence-electron chi connectivity index (χ0n) is 15.5. The SMILES string of the molecule is CC(C)(C)OC(=O)NC1CCN(Cc2cc(Br)cc(OC(F)(F)F)c2)CC1. The number of amides is 1. The zero-order chi connectivity index (χ0) is 20.2. The monoisotopic (exact) mass is 452 g/mol. The molecule has 0 bridgehead atoms. The molecule has 1 fully saturated rings. The fraction of sp³-hybridized carbons (Fsp3) is 0.611. The number of likely N-dealkylation sites (tertiary alicyclic amines) is 1. The van der Waals surface area contributed by atoms with Gasteiger partial charge in [-0.3, -0.25) is 4.90 Å². The topological polar surface area (TPSA) is 50.8 Å². The predicted molar refractivity (Wildman–Crippen MR) is 98.5 cm³/mol. The van der Waals surface area contributed by atoms with Gasteiger partial charge in [0.25, 0.3) is 0 Å². The van der Waals surface area contributed by atoms with E-state index in [4.69, 9.17) is 4.74 Å². The molecule has 1 aliphatic rings. The van der Waals surface area contributed by atoms with Crippen molar-refractivity contribution in [3.8, 4) is 5.75 Å². The molecule has 1 aromatic carbocycles. The summed E-state index contributed by atoms with van der Waals surface area (Å²) in [6, 6.07) is 4.48. The van der Waals surface area contributed by atoms with Gasteiger partial charge < -0.3 is 14.8 Å². The van der Waals surface area contributed by atoms with Crippen molar-refractivity contribution in [2.45, 2.75) is 58.2 Å². The first kappa shape index (κ1) is 21.8. The summed E-state index contributed by atoms with van der Waals surface area (Å²) >= 11 is 3.22. The number of ether oxygens (including phenoxy) is 2. The van der Waals surface area contributed by atoms with Crippen LogP contribution in [0.1, 0.15) is 39.2 Å². The van der Waals surface area contributed by atoms with Crippen LogP contribution in [0.15, 0.2) is 22.7 Å². The van der Waals surface area contributed by atoms with Gasteiger partial charge in [0.05, 0.1) is 0 Å². The molecule has 1 N–H and O–H groups in total. The van der Waals surface area contributed by atoms with Crippen LogP contribution in [0.5, 0.6) is 5.75 Å². The van der Waals surface area contributed by atoms with Crippen LogP contribution < -0.4 is 10.1 Å². The van der Waals surface area contributed by atoms with E-state index >= 15 is 0 Å². The minimum atomic E-state index is -4.72. The number of halogens is 4.